The lowest BCUT2D eigenvalue weighted by molar-refractivity contribution is -0.122. The summed E-state index contributed by atoms with van der Waals surface area (Å²) in [5.74, 6) is 0. The van der Waals surface area contributed by atoms with E-state index in [1.807, 2.05) is 0 Å². The average Bonchev–Trinajstić information content (AvgIpc) is 2.17. The fourth-order valence-corrected chi connectivity index (χ4v) is 0.393. The van der Waals surface area contributed by atoms with Gasteiger partial charge in [0.15, 0.2) is 0 Å². The molecule has 1 aliphatic carbocycles. The maximum absolute atomic E-state index is 8.36. The zero-order chi connectivity index (χ0) is 6.24. The number of hydrogen-bond donors (Lipinski definition) is 1. The zero-order valence-corrected chi connectivity index (χ0v) is 4.45. The van der Waals surface area contributed by atoms with Crippen molar-refractivity contribution in [3.63, 3.8) is 0 Å². The third kappa shape index (κ3) is 4.95. The SMILES string of the molecule is C1=CCC=C1.O=CO. The highest BCUT2D eigenvalue weighted by Gasteiger charge is 1.72. The van der Waals surface area contributed by atoms with Gasteiger partial charge >= 0.3 is 0 Å². The Morgan fingerprint density at radius 2 is 1.75 bits per heavy atom. The molecule has 44 valence electrons. The highest BCUT2D eigenvalue weighted by molar-refractivity contribution is 5.32. The average molecular weight is 112 g/mol. The van der Waals surface area contributed by atoms with E-state index >= 15 is 0 Å². The third-order valence-corrected chi connectivity index (χ3v) is 0.655. The zero-order valence-electron chi connectivity index (χ0n) is 4.45. The fraction of sp³-hybridized carbons (Fsp3) is 0.167. The molecule has 0 aliphatic heterocycles. The lowest BCUT2D eigenvalue weighted by Crippen LogP contribution is -1.49. The van der Waals surface area contributed by atoms with E-state index in [1.54, 1.807) is 0 Å². The largest absolute Gasteiger partial charge is 0.483 e. The number of carboxylic acid groups (broad SMARTS) is 1. The Hall–Kier alpha value is -1.05. The molecule has 2 heteroatoms. The van der Waals surface area contributed by atoms with Crippen LogP contribution < -0.4 is 0 Å². The maximum Gasteiger partial charge on any atom is 0.290 e. The van der Waals surface area contributed by atoms with Crippen LogP contribution in [0.25, 0.3) is 0 Å². The van der Waals surface area contributed by atoms with E-state index < -0.39 is 0 Å². The summed E-state index contributed by atoms with van der Waals surface area (Å²) in [6, 6.07) is 0. The molecule has 0 saturated carbocycles. The van der Waals surface area contributed by atoms with E-state index in [1.165, 1.54) is 0 Å². The van der Waals surface area contributed by atoms with E-state index in [2.05, 4.69) is 24.3 Å². The molecule has 0 unspecified atom stereocenters. The second-order valence-electron chi connectivity index (χ2n) is 1.20. The molecule has 0 aromatic rings. The van der Waals surface area contributed by atoms with Crippen LogP contribution >= 0.6 is 0 Å². The predicted octanol–water partition coefficient (Wildman–Crippen LogP) is 1.20. The monoisotopic (exact) mass is 112 g/mol. The summed E-state index contributed by atoms with van der Waals surface area (Å²) in [5.41, 5.74) is 0. The van der Waals surface area contributed by atoms with E-state index in [9.17, 15) is 0 Å². The first-order valence-electron chi connectivity index (χ1n) is 2.31. The first kappa shape index (κ1) is 6.95. The second kappa shape index (κ2) is 5.95. The van der Waals surface area contributed by atoms with Gasteiger partial charge in [0.1, 0.15) is 0 Å². The van der Waals surface area contributed by atoms with E-state index in [-0.39, 0.29) is 6.47 Å². The van der Waals surface area contributed by atoms with Crippen molar-refractivity contribution in [1.29, 1.82) is 0 Å². The molecule has 8 heavy (non-hydrogen) atoms. The Morgan fingerprint density at radius 1 is 1.38 bits per heavy atom. The molecule has 0 saturated heterocycles. The first-order valence-corrected chi connectivity index (χ1v) is 2.31. The summed E-state index contributed by atoms with van der Waals surface area (Å²) in [6.45, 7) is -0.250. The number of carbonyl (C=O) groups is 1. The summed E-state index contributed by atoms with van der Waals surface area (Å²) in [7, 11) is 0. The van der Waals surface area contributed by atoms with Gasteiger partial charge in [0.25, 0.3) is 6.47 Å². The van der Waals surface area contributed by atoms with Gasteiger partial charge in [0, 0.05) is 0 Å². The number of allylic oxidation sites excluding steroid dienone is 4. The van der Waals surface area contributed by atoms with Gasteiger partial charge in [-0.1, -0.05) is 24.3 Å². The molecule has 0 aromatic heterocycles. The Bertz CT molecular complexity index is 93.1. The van der Waals surface area contributed by atoms with Crippen LogP contribution in [0.5, 0.6) is 0 Å². The summed E-state index contributed by atoms with van der Waals surface area (Å²) in [4.78, 5) is 8.36. The van der Waals surface area contributed by atoms with Crippen molar-refractivity contribution in [2.75, 3.05) is 0 Å². The van der Waals surface area contributed by atoms with E-state index in [0.29, 0.717) is 0 Å². The minimum Gasteiger partial charge on any atom is -0.483 e. The van der Waals surface area contributed by atoms with Gasteiger partial charge < -0.3 is 5.11 Å². The Balaban J connectivity index is 0.000000145. The van der Waals surface area contributed by atoms with Crippen LogP contribution in [0, 0.1) is 0 Å². The van der Waals surface area contributed by atoms with Gasteiger partial charge in [-0.05, 0) is 6.42 Å². The Kier molecular flexibility index (Phi) is 5.17. The summed E-state index contributed by atoms with van der Waals surface area (Å²) < 4.78 is 0. The molecular weight excluding hydrogens is 104 g/mol. The molecule has 1 rings (SSSR count). The fourth-order valence-electron chi connectivity index (χ4n) is 0.393. The molecule has 0 aromatic carbocycles. The van der Waals surface area contributed by atoms with Crippen molar-refractivity contribution in [1.82, 2.24) is 0 Å². The highest BCUT2D eigenvalue weighted by atomic mass is 16.3. The smallest absolute Gasteiger partial charge is 0.290 e. The normalized spacial score (nSPS) is 12.5. The van der Waals surface area contributed by atoms with Crippen LogP contribution in [0.4, 0.5) is 0 Å². The molecule has 0 fully saturated rings. The minimum atomic E-state index is -0.250. The van der Waals surface area contributed by atoms with Gasteiger partial charge in [-0.3, -0.25) is 4.79 Å². The van der Waals surface area contributed by atoms with Crippen LogP contribution in [0.15, 0.2) is 24.3 Å². The van der Waals surface area contributed by atoms with Gasteiger partial charge in [0.2, 0.25) is 0 Å². The van der Waals surface area contributed by atoms with Crippen molar-refractivity contribution in [2.24, 2.45) is 0 Å². The maximum atomic E-state index is 8.36. The van der Waals surface area contributed by atoms with E-state index in [4.69, 9.17) is 9.90 Å². The third-order valence-electron chi connectivity index (χ3n) is 0.655. The molecule has 1 aliphatic rings. The molecule has 0 radical (unpaired) electrons. The van der Waals surface area contributed by atoms with Crippen molar-refractivity contribution >= 4 is 6.47 Å². The Labute approximate surface area is 48.1 Å². The summed E-state index contributed by atoms with van der Waals surface area (Å²) in [6.07, 6.45) is 9.50. The second-order valence-corrected chi connectivity index (χ2v) is 1.20. The van der Waals surface area contributed by atoms with Crippen molar-refractivity contribution < 1.29 is 9.90 Å². The molecule has 1 N–H and O–H groups in total. The van der Waals surface area contributed by atoms with Crippen LogP contribution in [-0.4, -0.2) is 11.6 Å². The number of hydrogen-bond acceptors (Lipinski definition) is 1. The molecule has 0 bridgehead atoms. The van der Waals surface area contributed by atoms with Crippen LogP contribution in [-0.2, 0) is 4.79 Å². The van der Waals surface area contributed by atoms with Crippen LogP contribution in [0.3, 0.4) is 0 Å². The topological polar surface area (TPSA) is 37.3 Å². The number of rotatable bonds is 0. The lowest BCUT2D eigenvalue weighted by atomic mass is 10.5. The van der Waals surface area contributed by atoms with Gasteiger partial charge in [0.05, 0.1) is 0 Å². The summed E-state index contributed by atoms with van der Waals surface area (Å²) >= 11 is 0. The highest BCUT2D eigenvalue weighted by Crippen LogP contribution is 1.93. The Morgan fingerprint density at radius 3 is 1.88 bits per heavy atom. The van der Waals surface area contributed by atoms with E-state index in [0.717, 1.165) is 6.42 Å². The molecule has 2 nitrogen and oxygen atoms in total. The molecule has 0 atom stereocenters. The molecule has 0 spiro atoms. The molecule has 0 heterocycles. The van der Waals surface area contributed by atoms with Crippen LogP contribution in [0.2, 0.25) is 0 Å². The molecular formula is C6H8O2. The predicted molar refractivity (Wildman–Crippen MR) is 31.6 cm³/mol. The minimum absolute atomic E-state index is 0.250. The summed E-state index contributed by atoms with van der Waals surface area (Å²) in [5, 5.41) is 6.89. The van der Waals surface area contributed by atoms with Crippen molar-refractivity contribution in [2.45, 2.75) is 6.42 Å². The van der Waals surface area contributed by atoms with Gasteiger partial charge in [-0.25, -0.2) is 0 Å². The van der Waals surface area contributed by atoms with Gasteiger partial charge in [-0.15, -0.1) is 0 Å². The lowest BCUT2D eigenvalue weighted by Gasteiger charge is -1.57. The van der Waals surface area contributed by atoms with Crippen LogP contribution in [0.1, 0.15) is 6.42 Å². The van der Waals surface area contributed by atoms with Crippen molar-refractivity contribution in [3.8, 4) is 0 Å². The van der Waals surface area contributed by atoms with Crippen molar-refractivity contribution in [3.05, 3.63) is 24.3 Å². The standard InChI is InChI=1S/C5H6.CH2O2/c1-2-4-5-3-1;2-1-3/h1-4H,5H2;1H,(H,2,3). The molecule has 0 amide bonds. The quantitative estimate of drug-likeness (QED) is 0.478. The van der Waals surface area contributed by atoms with Gasteiger partial charge in [-0.2, -0.15) is 0 Å². The first-order chi connectivity index (χ1) is 3.91.